The lowest BCUT2D eigenvalue weighted by Gasteiger charge is -1.86. The van der Waals surface area contributed by atoms with Crippen molar-refractivity contribution in [2.45, 2.75) is 6.92 Å². The highest BCUT2D eigenvalue weighted by Crippen LogP contribution is 2.27. The zero-order valence-electron chi connectivity index (χ0n) is 6.90. The third kappa shape index (κ3) is 89.4. The van der Waals surface area contributed by atoms with Gasteiger partial charge in [0.05, 0.1) is 6.26 Å². The summed E-state index contributed by atoms with van der Waals surface area (Å²) in [6.45, 7) is 7.08. The maximum absolute atomic E-state index is 9.77. The van der Waals surface area contributed by atoms with Gasteiger partial charge >= 0.3 is 5.97 Å². The third-order valence-electron chi connectivity index (χ3n) is 0.249. The number of esters is 1. The Bertz CT molecular complexity index is 161. The molecule has 0 fully saturated rings. The van der Waals surface area contributed by atoms with Crippen molar-refractivity contribution in [3.63, 3.8) is 0 Å². The lowest BCUT2D eigenvalue weighted by Crippen LogP contribution is -1.87. The first kappa shape index (κ1) is 13.0. The lowest BCUT2D eigenvalue weighted by molar-refractivity contribution is -0.135. The van der Waals surface area contributed by atoms with Crippen LogP contribution in [-0.4, -0.2) is 24.2 Å². The molecule has 0 saturated heterocycles. The quantitative estimate of drug-likeness (QED) is 0.374. The van der Waals surface area contributed by atoms with E-state index in [2.05, 4.69) is 11.3 Å². The Morgan fingerprint density at radius 1 is 1.64 bits per heavy atom. The number of rotatable bonds is 1. The Morgan fingerprint density at radius 2 is 1.91 bits per heavy atom. The van der Waals surface area contributed by atoms with Crippen molar-refractivity contribution in [2.75, 3.05) is 13.3 Å². The molecule has 11 heavy (non-hydrogen) atoms. The summed E-state index contributed by atoms with van der Waals surface area (Å²) in [6, 6.07) is 0. The van der Waals surface area contributed by atoms with Crippen molar-refractivity contribution in [2.24, 2.45) is 0 Å². The summed E-state index contributed by atoms with van der Waals surface area (Å²) < 4.78 is 13.9. The highest BCUT2D eigenvalue weighted by atomic mass is 31.2. The van der Waals surface area contributed by atoms with E-state index in [1.807, 2.05) is 0 Å². The average Bonchev–Trinajstić information content (AvgIpc) is 1.58. The van der Waals surface area contributed by atoms with Crippen LogP contribution in [0, 0.1) is 0 Å². The van der Waals surface area contributed by atoms with Crippen LogP contribution >= 0.6 is 7.37 Å². The van der Waals surface area contributed by atoms with E-state index in [9.17, 15) is 9.36 Å². The van der Waals surface area contributed by atoms with Gasteiger partial charge in [0.15, 0.2) is 7.37 Å². The predicted molar refractivity (Wildman–Crippen MR) is 43.6 cm³/mol. The maximum atomic E-state index is 9.77. The summed E-state index contributed by atoms with van der Waals surface area (Å²) in [5, 5.41) is 0. The smallest absolute Gasteiger partial charge is 0.307 e. The monoisotopic (exact) mass is 180 g/mol. The van der Waals surface area contributed by atoms with E-state index in [0.717, 1.165) is 6.26 Å². The number of ether oxygens (including phenoxy) is 1. The van der Waals surface area contributed by atoms with E-state index in [1.165, 1.54) is 20.3 Å². The van der Waals surface area contributed by atoms with Crippen molar-refractivity contribution in [3.8, 4) is 0 Å². The number of carbonyl (C=O) groups excluding carboxylic acids is 1. The molecule has 5 heteroatoms. The van der Waals surface area contributed by atoms with Crippen molar-refractivity contribution < 1.29 is 19.0 Å². The fourth-order valence-corrected chi connectivity index (χ4v) is 0.117. The lowest BCUT2D eigenvalue weighted by atomic mass is 10.8. The molecule has 0 aliphatic rings. The van der Waals surface area contributed by atoms with E-state index in [0.29, 0.717) is 0 Å². The van der Waals surface area contributed by atoms with Gasteiger partial charge in [0, 0.05) is 20.3 Å². The molecule has 0 aromatic rings. The Morgan fingerprint density at radius 3 is 1.91 bits per heavy atom. The predicted octanol–water partition coefficient (Wildman–Crippen LogP) is 1.21. The van der Waals surface area contributed by atoms with Crippen LogP contribution in [0.15, 0.2) is 12.8 Å². The van der Waals surface area contributed by atoms with E-state index in [1.54, 1.807) is 0 Å². The van der Waals surface area contributed by atoms with Crippen LogP contribution in [0.2, 0.25) is 0 Å². The van der Waals surface area contributed by atoms with Gasteiger partial charge in [-0.15, -0.1) is 0 Å². The zero-order chi connectivity index (χ0) is 9.49. The molecule has 0 amide bonds. The maximum Gasteiger partial charge on any atom is 0.307 e. The molecule has 0 atom stereocenters. The first-order chi connectivity index (χ1) is 4.77. The van der Waals surface area contributed by atoms with Crippen molar-refractivity contribution >= 4 is 13.3 Å². The Balaban J connectivity index is 0. The molecule has 0 radical (unpaired) electrons. The summed E-state index contributed by atoms with van der Waals surface area (Å²) in [5.41, 5.74) is 0. The molecule has 0 heterocycles. The fraction of sp³-hybridized carbons (Fsp3) is 0.500. The summed E-state index contributed by atoms with van der Waals surface area (Å²) in [5.74, 6) is -0.329. The van der Waals surface area contributed by atoms with Crippen LogP contribution in [0.1, 0.15) is 6.92 Å². The van der Waals surface area contributed by atoms with Crippen LogP contribution in [0.4, 0.5) is 0 Å². The summed E-state index contributed by atoms with van der Waals surface area (Å²) in [4.78, 5) is 17.8. The molecule has 0 aliphatic heterocycles. The van der Waals surface area contributed by atoms with Crippen LogP contribution in [0.25, 0.3) is 0 Å². The second-order valence-corrected chi connectivity index (χ2v) is 4.66. The van der Waals surface area contributed by atoms with Crippen LogP contribution in [0.3, 0.4) is 0 Å². The van der Waals surface area contributed by atoms with Gasteiger partial charge in [-0.3, -0.25) is 9.36 Å². The van der Waals surface area contributed by atoms with Gasteiger partial charge < -0.3 is 9.63 Å². The molecule has 4 nitrogen and oxygen atoms in total. The second kappa shape index (κ2) is 6.13. The highest BCUT2D eigenvalue weighted by Gasteiger charge is 1.92. The van der Waals surface area contributed by atoms with Gasteiger partial charge in [-0.2, -0.15) is 0 Å². The molecule has 0 aromatic carbocycles. The van der Waals surface area contributed by atoms with Gasteiger partial charge in [-0.25, -0.2) is 0 Å². The van der Waals surface area contributed by atoms with Crippen molar-refractivity contribution in [1.29, 1.82) is 0 Å². The Hall–Kier alpha value is -0.600. The molecule has 0 spiro atoms. The number of carbonyl (C=O) groups is 1. The molecule has 0 rings (SSSR count). The van der Waals surface area contributed by atoms with E-state index < -0.39 is 7.37 Å². The SMILES string of the molecule is C=COC(C)=O.CP(C)(=O)O. The van der Waals surface area contributed by atoms with E-state index in [-0.39, 0.29) is 5.97 Å². The first-order valence-corrected chi connectivity index (χ1v) is 5.38. The molecule has 0 unspecified atom stereocenters. The molecule has 0 aromatic heterocycles. The minimum atomic E-state index is -2.64. The summed E-state index contributed by atoms with van der Waals surface area (Å²) >= 11 is 0. The molecule has 0 bridgehead atoms. The number of hydrogen-bond donors (Lipinski definition) is 1. The van der Waals surface area contributed by atoms with Crippen LogP contribution in [0.5, 0.6) is 0 Å². The third-order valence-corrected chi connectivity index (χ3v) is 0.249. The van der Waals surface area contributed by atoms with E-state index in [4.69, 9.17) is 4.89 Å². The molecule has 0 saturated carbocycles. The van der Waals surface area contributed by atoms with Crippen molar-refractivity contribution in [1.82, 2.24) is 0 Å². The van der Waals surface area contributed by atoms with Crippen LogP contribution in [-0.2, 0) is 14.1 Å². The molecule has 1 N–H and O–H groups in total. The minimum absolute atomic E-state index is 0.329. The van der Waals surface area contributed by atoms with E-state index >= 15 is 0 Å². The fourth-order valence-electron chi connectivity index (χ4n) is 0.117. The second-order valence-electron chi connectivity index (χ2n) is 2.07. The largest absolute Gasteiger partial charge is 0.435 e. The molecular weight excluding hydrogens is 167 g/mol. The Labute approximate surface area is 66.3 Å². The summed E-state index contributed by atoms with van der Waals surface area (Å²) in [6.07, 6.45) is 1.10. The topological polar surface area (TPSA) is 63.6 Å². The molecule has 66 valence electrons. The number of hydrogen-bond acceptors (Lipinski definition) is 3. The van der Waals surface area contributed by atoms with Crippen LogP contribution < -0.4 is 0 Å². The van der Waals surface area contributed by atoms with Crippen molar-refractivity contribution in [3.05, 3.63) is 12.8 Å². The standard InChI is InChI=1S/C4H6O2.C2H7O2P/c1-3-6-4(2)5;1-5(2,3)4/h3H,1H2,2H3;1-2H3,(H,3,4). The van der Waals surface area contributed by atoms with Gasteiger partial charge in [0.1, 0.15) is 0 Å². The minimum Gasteiger partial charge on any atom is -0.435 e. The van der Waals surface area contributed by atoms with Gasteiger partial charge in [0.2, 0.25) is 0 Å². The zero-order valence-corrected chi connectivity index (χ0v) is 7.80. The normalized spacial score (nSPS) is 9.09. The first-order valence-electron chi connectivity index (χ1n) is 2.83. The highest BCUT2D eigenvalue weighted by molar-refractivity contribution is 7.56. The summed E-state index contributed by atoms with van der Waals surface area (Å²) in [7, 11) is -2.64. The van der Waals surface area contributed by atoms with Gasteiger partial charge in [-0.1, -0.05) is 6.58 Å². The molecular formula is C6H13O4P. The van der Waals surface area contributed by atoms with Gasteiger partial charge in [0.25, 0.3) is 0 Å². The average molecular weight is 180 g/mol. The van der Waals surface area contributed by atoms with Gasteiger partial charge in [-0.05, 0) is 0 Å². The molecule has 0 aliphatic carbocycles. The Kier molecular flexibility index (Phi) is 7.26.